The first kappa shape index (κ1) is 14.5. The average molecular weight is 251 g/mol. The second kappa shape index (κ2) is 7.01. The van der Waals surface area contributed by atoms with Gasteiger partial charge in [0, 0.05) is 12.5 Å². The molecular formula is C14H21NO3. The molecule has 0 aliphatic carbocycles. The molecule has 1 atom stereocenters. The maximum Gasteiger partial charge on any atom is 0.305 e. The summed E-state index contributed by atoms with van der Waals surface area (Å²) in [6, 6.07) is 6.20. The summed E-state index contributed by atoms with van der Waals surface area (Å²) in [5.74, 6) is 0.696. The Morgan fingerprint density at radius 2 is 2.11 bits per heavy atom. The predicted molar refractivity (Wildman–Crippen MR) is 70.8 cm³/mol. The van der Waals surface area contributed by atoms with Crippen LogP contribution in [-0.4, -0.2) is 27.2 Å². The van der Waals surface area contributed by atoms with Gasteiger partial charge in [-0.3, -0.25) is 4.79 Å². The zero-order valence-electron chi connectivity index (χ0n) is 11.4. The summed E-state index contributed by atoms with van der Waals surface area (Å²) in [6.07, 6.45) is 1.13. The number of carbonyl (C=O) groups is 1. The third-order valence-corrected chi connectivity index (χ3v) is 3.03. The first-order valence-corrected chi connectivity index (χ1v) is 6.01. The zero-order valence-corrected chi connectivity index (χ0v) is 11.4. The number of nitrogens with one attached hydrogen (secondary N) is 1. The number of aryl methyl sites for hydroxylation is 1. The van der Waals surface area contributed by atoms with Crippen LogP contribution in [0.25, 0.3) is 0 Å². The van der Waals surface area contributed by atoms with Crippen molar-refractivity contribution in [3.05, 3.63) is 29.3 Å². The fourth-order valence-corrected chi connectivity index (χ4v) is 1.96. The van der Waals surface area contributed by atoms with Crippen molar-refractivity contribution < 1.29 is 14.3 Å². The van der Waals surface area contributed by atoms with Crippen LogP contribution in [0, 0.1) is 6.92 Å². The number of hydrogen-bond donors (Lipinski definition) is 1. The second-order valence-electron chi connectivity index (χ2n) is 4.19. The molecule has 0 saturated heterocycles. The number of rotatable bonds is 6. The molecule has 0 amide bonds. The molecule has 100 valence electrons. The van der Waals surface area contributed by atoms with Gasteiger partial charge in [0.1, 0.15) is 5.75 Å². The molecule has 0 heterocycles. The number of methoxy groups -OCH3 is 2. The lowest BCUT2D eigenvalue weighted by Crippen LogP contribution is -2.18. The lowest BCUT2D eigenvalue weighted by Gasteiger charge is -2.17. The van der Waals surface area contributed by atoms with E-state index < -0.39 is 0 Å². The van der Waals surface area contributed by atoms with E-state index >= 15 is 0 Å². The van der Waals surface area contributed by atoms with E-state index in [1.807, 2.05) is 26.1 Å². The standard InChI is InChI=1S/C14H21NO3/c1-10-9-11(5-7-13(10)17-3)12(15-2)6-8-14(16)18-4/h5,7,9,12,15H,6,8H2,1-4H3. The van der Waals surface area contributed by atoms with Gasteiger partial charge in [-0.05, 0) is 37.6 Å². The molecule has 1 N–H and O–H groups in total. The van der Waals surface area contributed by atoms with Crippen LogP contribution >= 0.6 is 0 Å². The summed E-state index contributed by atoms with van der Waals surface area (Å²) in [5, 5.41) is 3.21. The van der Waals surface area contributed by atoms with Crippen LogP contribution in [0.1, 0.15) is 30.0 Å². The van der Waals surface area contributed by atoms with Crippen molar-refractivity contribution in [3.63, 3.8) is 0 Å². The van der Waals surface area contributed by atoms with Gasteiger partial charge in [-0.2, -0.15) is 0 Å². The Labute approximate surface area is 108 Å². The van der Waals surface area contributed by atoms with E-state index in [0.717, 1.165) is 23.3 Å². The van der Waals surface area contributed by atoms with Crippen LogP contribution in [0.4, 0.5) is 0 Å². The molecule has 0 aliphatic rings. The molecule has 1 aromatic carbocycles. The van der Waals surface area contributed by atoms with E-state index in [1.165, 1.54) is 7.11 Å². The summed E-state index contributed by atoms with van der Waals surface area (Å²) < 4.78 is 9.89. The smallest absolute Gasteiger partial charge is 0.305 e. The Bertz CT molecular complexity index is 404. The topological polar surface area (TPSA) is 47.6 Å². The summed E-state index contributed by atoms with van der Waals surface area (Å²) in [7, 11) is 4.96. The van der Waals surface area contributed by atoms with E-state index in [0.29, 0.717) is 6.42 Å². The molecular weight excluding hydrogens is 230 g/mol. The first-order valence-electron chi connectivity index (χ1n) is 6.01. The molecule has 0 spiro atoms. The van der Waals surface area contributed by atoms with E-state index in [9.17, 15) is 4.79 Å². The van der Waals surface area contributed by atoms with Crippen LogP contribution in [0.3, 0.4) is 0 Å². The first-order chi connectivity index (χ1) is 8.62. The van der Waals surface area contributed by atoms with Crippen molar-refractivity contribution in [2.45, 2.75) is 25.8 Å². The Kier molecular flexibility index (Phi) is 5.65. The number of benzene rings is 1. The van der Waals surface area contributed by atoms with Gasteiger partial charge in [0.15, 0.2) is 0 Å². The molecule has 0 aromatic heterocycles. The Morgan fingerprint density at radius 1 is 1.39 bits per heavy atom. The maximum absolute atomic E-state index is 11.2. The quantitative estimate of drug-likeness (QED) is 0.787. The number of carbonyl (C=O) groups excluding carboxylic acids is 1. The molecule has 1 aromatic rings. The number of hydrogen-bond acceptors (Lipinski definition) is 4. The number of ether oxygens (including phenoxy) is 2. The predicted octanol–water partition coefficient (Wildman–Crippen LogP) is 2.22. The van der Waals surface area contributed by atoms with Crippen molar-refractivity contribution in [2.75, 3.05) is 21.3 Å². The van der Waals surface area contributed by atoms with Gasteiger partial charge in [-0.1, -0.05) is 12.1 Å². The highest BCUT2D eigenvalue weighted by Gasteiger charge is 2.13. The average Bonchev–Trinajstić information content (AvgIpc) is 2.39. The highest BCUT2D eigenvalue weighted by atomic mass is 16.5. The highest BCUT2D eigenvalue weighted by Crippen LogP contribution is 2.24. The van der Waals surface area contributed by atoms with Gasteiger partial charge in [0.2, 0.25) is 0 Å². The SMILES string of the molecule is CNC(CCC(=O)OC)c1ccc(OC)c(C)c1. The van der Waals surface area contributed by atoms with Crippen molar-refractivity contribution in [1.29, 1.82) is 0 Å². The molecule has 0 radical (unpaired) electrons. The Balaban J connectivity index is 2.75. The maximum atomic E-state index is 11.2. The minimum atomic E-state index is -0.180. The van der Waals surface area contributed by atoms with Crippen LogP contribution in [0.15, 0.2) is 18.2 Å². The third-order valence-electron chi connectivity index (χ3n) is 3.03. The Morgan fingerprint density at radius 3 is 2.61 bits per heavy atom. The largest absolute Gasteiger partial charge is 0.496 e. The van der Waals surface area contributed by atoms with Crippen LogP contribution in [0.2, 0.25) is 0 Å². The third kappa shape index (κ3) is 3.74. The van der Waals surface area contributed by atoms with Crippen LogP contribution in [0.5, 0.6) is 5.75 Å². The second-order valence-corrected chi connectivity index (χ2v) is 4.19. The zero-order chi connectivity index (χ0) is 13.5. The van der Waals surface area contributed by atoms with Gasteiger partial charge < -0.3 is 14.8 Å². The van der Waals surface area contributed by atoms with Gasteiger partial charge >= 0.3 is 5.97 Å². The molecule has 4 nitrogen and oxygen atoms in total. The summed E-state index contributed by atoms with van der Waals surface area (Å²) in [4.78, 5) is 11.2. The molecule has 0 saturated carbocycles. The molecule has 0 fully saturated rings. The molecule has 4 heteroatoms. The highest BCUT2D eigenvalue weighted by molar-refractivity contribution is 5.69. The number of esters is 1. The minimum absolute atomic E-state index is 0.147. The van der Waals surface area contributed by atoms with Crippen LogP contribution in [-0.2, 0) is 9.53 Å². The van der Waals surface area contributed by atoms with E-state index in [1.54, 1.807) is 7.11 Å². The van der Waals surface area contributed by atoms with E-state index in [4.69, 9.17) is 4.74 Å². The monoisotopic (exact) mass is 251 g/mol. The summed E-state index contributed by atoms with van der Waals surface area (Å²) >= 11 is 0. The fourth-order valence-electron chi connectivity index (χ4n) is 1.96. The minimum Gasteiger partial charge on any atom is -0.496 e. The van der Waals surface area contributed by atoms with Crippen molar-refractivity contribution in [1.82, 2.24) is 5.32 Å². The summed E-state index contributed by atoms with van der Waals surface area (Å²) in [5.41, 5.74) is 2.24. The molecule has 18 heavy (non-hydrogen) atoms. The lowest BCUT2D eigenvalue weighted by atomic mass is 10.00. The van der Waals surface area contributed by atoms with E-state index in [2.05, 4.69) is 16.1 Å². The van der Waals surface area contributed by atoms with Crippen molar-refractivity contribution >= 4 is 5.97 Å². The molecule has 0 bridgehead atoms. The fraction of sp³-hybridized carbons (Fsp3) is 0.500. The lowest BCUT2D eigenvalue weighted by molar-refractivity contribution is -0.140. The van der Waals surface area contributed by atoms with Crippen LogP contribution < -0.4 is 10.1 Å². The van der Waals surface area contributed by atoms with Gasteiger partial charge in [0.05, 0.1) is 14.2 Å². The molecule has 1 unspecified atom stereocenters. The molecule has 1 rings (SSSR count). The summed E-state index contributed by atoms with van der Waals surface area (Å²) in [6.45, 7) is 2.01. The normalized spacial score (nSPS) is 12.0. The van der Waals surface area contributed by atoms with Crippen molar-refractivity contribution in [2.24, 2.45) is 0 Å². The Hall–Kier alpha value is -1.55. The molecule has 0 aliphatic heterocycles. The van der Waals surface area contributed by atoms with E-state index in [-0.39, 0.29) is 12.0 Å². The van der Waals surface area contributed by atoms with Gasteiger partial charge in [-0.15, -0.1) is 0 Å². The van der Waals surface area contributed by atoms with Gasteiger partial charge in [0.25, 0.3) is 0 Å². The van der Waals surface area contributed by atoms with Crippen molar-refractivity contribution in [3.8, 4) is 5.75 Å². The van der Waals surface area contributed by atoms with Gasteiger partial charge in [-0.25, -0.2) is 0 Å².